The topological polar surface area (TPSA) is 48.5 Å². The van der Waals surface area contributed by atoms with Crippen LogP contribution in [0.15, 0.2) is 49.1 Å². The standard InChI is InChI=1S/C18H15Cl2N5/c1-12-22-6-7-24(12)8-9-25-17-4-5-21-11-14(17)18(23-25)13-2-3-15(19)16(20)10-13/h2-7,10-11H,8-9H2,1H3. The van der Waals surface area contributed by atoms with E-state index in [0.29, 0.717) is 10.0 Å². The predicted octanol–water partition coefficient (Wildman–Crippen LogP) is 4.61. The Bertz CT molecular complexity index is 1050. The fourth-order valence-electron chi connectivity index (χ4n) is 2.89. The number of aryl methyl sites for hydroxylation is 3. The van der Waals surface area contributed by atoms with Gasteiger partial charge in [0.15, 0.2) is 0 Å². The van der Waals surface area contributed by atoms with Crippen LogP contribution in [-0.2, 0) is 13.1 Å². The Morgan fingerprint density at radius 1 is 1.04 bits per heavy atom. The van der Waals surface area contributed by atoms with Crippen molar-refractivity contribution in [3.05, 3.63) is 64.9 Å². The van der Waals surface area contributed by atoms with E-state index in [4.69, 9.17) is 28.3 Å². The van der Waals surface area contributed by atoms with Crippen LogP contribution in [-0.4, -0.2) is 24.3 Å². The SMILES string of the molecule is Cc1nccn1CCn1nc(-c2ccc(Cl)c(Cl)c2)c2cnccc21. The Hall–Kier alpha value is -2.37. The number of aromatic nitrogens is 5. The van der Waals surface area contributed by atoms with Gasteiger partial charge in [-0.25, -0.2) is 4.98 Å². The lowest BCUT2D eigenvalue weighted by molar-refractivity contribution is 0.539. The van der Waals surface area contributed by atoms with E-state index in [1.54, 1.807) is 12.3 Å². The maximum absolute atomic E-state index is 6.18. The van der Waals surface area contributed by atoms with Crippen LogP contribution in [0.25, 0.3) is 22.2 Å². The van der Waals surface area contributed by atoms with Gasteiger partial charge in [0.25, 0.3) is 0 Å². The molecule has 4 aromatic rings. The van der Waals surface area contributed by atoms with Gasteiger partial charge in [0.2, 0.25) is 0 Å². The molecule has 0 fully saturated rings. The molecule has 0 amide bonds. The lowest BCUT2D eigenvalue weighted by atomic mass is 10.1. The summed E-state index contributed by atoms with van der Waals surface area (Å²) in [7, 11) is 0. The first-order chi connectivity index (χ1) is 12.1. The highest BCUT2D eigenvalue weighted by atomic mass is 35.5. The summed E-state index contributed by atoms with van der Waals surface area (Å²) >= 11 is 12.2. The summed E-state index contributed by atoms with van der Waals surface area (Å²) in [4.78, 5) is 8.51. The molecule has 4 rings (SSSR count). The van der Waals surface area contributed by atoms with Gasteiger partial charge < -0.3 is 4.57 Å². The van der Waals surface area contributed by atoms with Crippen LogP contribution in [0.4, 0.5) is 0 Å². The van der Waals surface area contributed by atoms with Gasteiger partial charge in [0, 0.05) is 42.3 Å². The zero-order valence-electron chi connectivity index (χ0n) is 13.5. The first-order valence-electron chi connectivity index (χ1n) is 7.87. The van der Waals surface area contributed by atoms with Crippen LogP contribution in [0.2, 0.25) is 10.0 Å². The molecule has 3 heterocycles. The zero-order valence-corrected chi connectivity index (χ0v) is 15.0. The second kappa shape index (κ2) is 6.50. The van der Waals surface area contributed by atoms with E-state index in [1.165, 1.54) is 0 Å². The zero-order chi connectivity index (χ0) is 17.4. The summed E-state index contributed by atoms with van der Waals surface area (Å²) in [6.07, 6.45) is 7.39. The third kappa shape index (κ3) is 3.01. The van der Waals surface area contributed by atoms with Crippen molar-refractivity contribution < 1.29 is 0 Å². The molecule has 0 unspecified atom stereocenters. The number of hydrogen-bond donors (Lipinski definition) is 0. The first-order valence-corrected chi connectivity index (χ1v) is 8.63. The Morgan fingerprint density at radius 3 is 2.68 bits per heavy atom. The molecule has 0 saturated carbocycles. The molecule has 0 aliphatic rings. The van der Waals surface area contributed by atoms with Crippen LogP contribution in [0, 0.1) is 6.92 Å². The van der Waals surface area contributed by atoms with Gasteiger partial charge in [-0.2, -0.15) is 5.10 Å². The van der Waals surface area contributed by atoms with Crippen LogP contribution in [0.3, 0.4) is 0 Å². The number of nitrogens with zero attached hydrogens (tertiary/aromatic N) is 5. The van der Waals surface area contributed by atoms with E-state index < -0.39 is 0 Å². The Balaban J connectivity index is 1.75. The second-order valence-corrected chi connectivity index (χ2v) is 6.58. The molecule has 0 saturated heterocycles. The average Bonchev–Trinajstić information content (AvgIpc) is 3.19. The summed E-state index contributed by atoms with van der Waals surface area (Å²) in [5, 5.41) is 6.83. The van der Waals surface area contributed by atoms with Gasteiger partial charge >= 0.3 is 0 Å². The highest BCUT2D eigenvalue weighted by Crippen LogP contribution is 2.32. The van der Waals surface area contributed by atoms with Gasteiger partial charge in [-0.05, 0) is 25.1 Å². The lowest BCUT2D eigenvalue weighted by Crippen LogP contribution is -2.09. The first kappa shape index (κ1) is 16.1. The molecular formula is C18H15Cl2N5. The van der Waals surface area contributed by atoms with Crippen molar-refractivity contribution in [3.8, 4) is 11.3 Å². The van der Waals surface area contributed by atoms with Gasteiger partial charge in [0.1, 0.15) is 11.5 Å². The molecule has 0 aliphatic heterocycles. The molecule has 25 heavy (non-hydrogen) atoms. The quantitative estimate of drug-likeness (QED) is 0.526. The Kier molecular flexibility index (Phi) is 4.19. The number of pyridine rings is 1. The molecule has 0 radical (unpaired) electrons. The third-order valence-electron chi connectivity index (χ3n) is 4.22. The summed E-state index contributed by atoms with van der Waals surface area (Å²) in [6.45, 7) is 3.52. The minimum Gasteiger partial charge on any atom is -0.333 e. The average molecular weight is 372 g/mol. The summed E-state index contributed by atoms with van der Waals surface area (Å²) < 4.78 is 4.10. The molecule has 0 aliphatic carbocycles. The number of halogens is 2. The van der Waals surface area contributed by atoms with Gasteiger partial charge in [0.05, 0.1) is 22.1 Å². The van der Waals surface area contributed by atoms with Crippen molar-refractivity contribution in [3.63, 3.8) is 0 Å². The molecule has 1 aromatic carbocycles. The van der Waals surface area contributed by atoms with E-state index in [-0.39, 0.29) is 0 Å². The Morgan fingerprint density at radius 2 is 1.92 bits per heavy atom. The maximum Gasteiger partial charge on any atom is 0.105 e. The molecule has 7 heteroatoms. The fourth-order valence-corrected chi connectivity index (χ4v) is 3.19. The largest absolute Gasteiger partial charge is 0.333 e. The minimum atomic E-state index is 0.514. The van der Waals surface area contributed by atoms with Crippen LogP contribution < -0.4 is 0 Å². The van der Waals surface area contributed by atoms with Crippen LogP contribution >= 0.6 is 23.2 Å². The number of fused-ring (bicyclic) bond motifs is 1. The highest BCUT2D eigenvalue weighted by Gasteiger charge is 2.13. The van der Waals surface area contributed by atoms with Gasteiger partial charge in [-0.3, -0.25) is 9.67 Å². The number of benzene rings is 1. The van der Waals surface area contributed by atoms with Gasteiger partial charge in [-0.1, -0.05) is 29.3 Å². The van der Waals surface area contributed by atoms with Crippen molar-refractivity contribution in [2.45, 2.75) is 20.0 Å². The van der Waals surface area contributed by atoms with E-state index in [2.05, 4.69) is 14.5 Å². The molecule has 0 spiro atoms. The molecule has 0 atom stereocenters. The molecule has 0 N–H and O–H groups in total. The number of rotatable bonds is 4. The van der Waals surface area contributed by atoms with Crippen molar-refractivity contribution in [1.82, 2.24) is 24.3 Å². The van der Waals surface area contributed by atoms with E-state index >= 15 is 0 Å². The monoisotopic (exact) mass is 371 g/mol. The van der Waals surface area contributed by atoms with Crippen molar-refractivity contribution in [2.24, 2.45) is 0 Å². The van der Waals surface area contributed by atoms with E-state index in [0.717, 1.165) is 41.1 Å². The number of imidazole rings is 1. The van der Waals surface area contributed by atoms with Crippen LogP contribution in [0.1, 0.15) is 5.82 Å². The smallest absolute Gasteiger partial charge is 0.105 e. The molecule has 126 valence electrons. The van der Waals surface area contributed by atoms with Gasteiger partial charge in [-0.15, -0.1) is 0 Å². The summed E-state index contributed by atoms with van der Waals surface area (Å²) in [5.74, 6) is 0.989. The van der Waals surface area contributed by atoms with Crippen molar-refractivity contribution in [2.75, 3.05) is 0 Å². The van der Waals surface area contributed by atoms with E-state index in [9.17, 15) is 0 Å². The van der Waals surface area contributed by atoms with Crippen LogP contribution in [0.5, 0.6) is 0 Å². The summed E-state index contributed by atoms with van der Waals surface area (Å²) in [6, 6.07) is 7.52. The van der Waals surface area contributed by atoms with E-state index in [1.807, 2.05) is 48.4 Å². The van der Waals surface area contributed by atoms with Crippen molar-refractivity contribution in [1.29, 1.82) is 0 Å². The minimum absolute atomic E-state index is 0.514. The summed E-state index contributed by atoms with van der Waals surface area (Å²) in [5.41, 5.74) is 2.81. The second-order valence-electron chi connectivity index (χ2n) is 5.76. The molecule has 3 aromatic heterocycles. The molecule has 0 bridgehead atoms. The maximum atomic E-state index is 6.18. The number of hydrogen-bond acceptors (Lipinski definition) is 3. The normalized spacial score (nSPS) is 11.3. The third-order valence-corrected chi connectivity index (χ3v) is 4.96. The van der Waals surface area contributed by atoms with Crippen molar-refractivity contribution >= 4 is 34.1 Å². The Labute approximate surface area is 154 Å². The fraction of sp³-hybridized carbons (Fsp3) is 0.167. The highest BCUT2D eigenvalue weighted by molar-refractivity contribution is 6.42. The lowest BCUT2D eigenvalue weighted by Gasteiger charge is -2.06. The molecule has 5 nitrogen and oxygen atoms in total. The predicted molar refractivity (Wildman–Crippen MR) is 99.9 cm³/mol. The molecular weight excluding hydrogens is 357 g/mol.